The summed E-state index contributed by atoms with van der Waals surface area (Å²) in [7, 11) is 0. The molecule has 1 aromatic heterocycles. The number of likely N-dealkylation sites (tertiary alicyclic amines) is 1. The van der Waals surface area contributed by atoms with Crippen LogP contribution >= 0.6 is 0 Å². The number of nitrogens with one attached hydrogen (secondary N) is 1. The third-order valence-electron chi connectivity index (χ3n) is 3.72. The van der Waals surface area contributed by atoms with E-state index in [2.05, 4.69) is 5.32 Å². The molecule has 0 bridgehead atoms. The lowest BCUT2D eigenvalue weighted by molar-refractivity contribution is -0.121. The molecule has 1 aromatic rings. The van der Waals surface area contributed by atoms with Gasteiger partial charge in [0.15, 0.2) is 0 Å². The van der Waals surface area contributed by atoms with Crippen molar-refractivity contribution in [3.8, 4) is 0 Å². The van der Waals surface area contributed by atoms with Crippen LogP contribution in [0.3, 0.4) is 0 Å². The summed E-state index contributed by atoms with van der Waals surface area (Å²) in [5.41, 5.74) is -0.503. The molecule has 0 radical (unpaired) electrons. The maximum Gasteiger partial charge on any atom is 0.410 e. The number of furan rings is 1. The molecule has 1 saturated heterocycles. The molecular formula is C17H26N2O4. The van der Waals surface area contributed by atoms with Crippen LogP contribution in [-0.2, 0) is 16.0 Å². The first-order chi connectivity index (χ1) is 10.8. The van der Waals surface area contributed by atoms with Crippen LogP contribution < -0.4 is 5.32 Å². The van der Waals surface area contributed by atoms with Crippen LogP contribution in [0.4, 0.5) is 4.79 Å². The molecule has 0 aromatic carbocycles. The van der Waals surface area contributed by atoms with Crippen molar-refractivity contribution in [1.82, 2.24) is 10.2 Å². The smallest absolute Gasteiger partial charge is 0.410 e. The third kappa shape index (κ3) is 5.62. The van der Waals surface area contributed by atoms with E-state index in [0.717, 1.165) is 18.6 Å². The van der Waals surface area contributed by atoms with Gasteiger partial charge in [-0.05, 0) is 45.7 Å². The first-order valence-corrected chi connectivity index (χ1v) is 8.14. The van der Waals surface area contributed by atoms with Crippen molar-refractivity contribution in [2.45, 2.75) is 58.1 Å². The maximum absolute atomic E-state index is 12.2. The minimum Gasteiger partial charge on any atom is -0.469 e. The predicted molar refractivity (Wildman–Crippen MR) is 86.0 cm³/mol. The van der Waals surface area contributed by atoms with Gasteiger partial charge in [0, 0.05) is 25.9 Å². The van der Waals surface area contributed by atoms with Gasteiger partial charge in [0.1, 0.15) is 11.4 Å². The number of nitrogens with zero attached hydrogens (tertiary/aromatic N) is 1. The lowest BCUT2D eigenvalue weighted by atomic mass is 10.2. The van der Waals surface area contributed by atoms with E-state index in [4.69, 9.17) is 9.15 Å². The number of hydrogen-bond donors (Lipinski definition) is 1. The molecular weight excluding hydrogens is 296 g/mol. The van der Waals surface area contributed by atoms with E-state index in [0.29, 0.717) is 25.9 Å². The first kappa shape index (κ1) is 17.4. The Kier molecular flexibility index (Phi) is 5.69. The van der Waals surface area contributed by atoms with Crippen molar-refractivity contribution in [3.63, 3.8) is 0 Å². The van der Waals surface area contributed by atoms with Gasteiger partial charge in [0.25, 0.3) is 0 Å². The number of hydrogen-bond acceptors (Lipinski definition) is 4. The summed E-state index contributed by atoms with van der Waals surface area (Å²) in [5, 5.41) is 2.90. The first-order valence-electron chi connectivity index (χ1n) is 8.14. The van der Waals surface area contributed by atoms with Gasteiger partial charge >= 0.3 is 6.09 Å². The van der Waals surface area contributed by atoms with Crippen molar-refractivity contribution < 1.29 is 18.7 Å². The summed E-state index contributed by atoms with van der Waals surface area (Å²) in [6.07, 6.45) is 4.09. The topological polar surface area (TPSA) is 71.8 Å². The van der Waals surface area contributed by atoms with Gasteiger partial charge in [0.05, 0.1) is 12.3 Å². The van der Waals surface area contributed by atoms with Gasteiger partial charge in [-0.2, -0.15) is 0 Å². The highest BCUT2D eigenvalue weighted by Crippen LogP contribution is 2.20. The molecule has 0 saturated carbocycles. The molecule has 0 aliphatic carbocycles. The number of ether oxygens (including phenoxy) is 1. The number of aryl methyl sites for hydroxylation is 1. The fourth-order valence-corrected chi connectivity index (χ4v) is 2.62. The molecule has 6 nitrogen and oxygen atoms in total. The SMILES string of the molecule is CC(C)(C)OC(=O)N1CCC[C@H]1CNC(=O)CCc1ccco1. The number of rotatable bonds is 5. The maximum atomic E-state index is 12.2. The summed E-state index contributed by atoms with van der Waals surface area (Å²) in [6, 6.07) is 3.68. The average Bonchev–Trinajstić information content (AvgIpc) is 3.12. The number of amides is 2. The van der Waals surface area contributed by atoms with Crippen molar-refractivity contribution >= 4 is 12.0 Å². The third-order valence-corrected chi connectivity index (χ3v) is 3.72. The number of carbonyl (C=O) groups is 2. The monoisotopic (exact) mass is 322 g/mol. The van der Waals surface area contributed by atoms with Crippen LogP contribution in [0.5, 0.6) is 0 Å². The zero-order valence-electron chi connectivity index (χ0n) is 14.1. The van der Waals surface area contributed by atoms with E-state index in [1.54, 1.807) is 11.2 Å². The van der Waals surface area contributed by atoms with Gasteiger partial charge in [-0.25, -0.2) is 4.79 Å². The molecule has 2 rings (SSSR count). The molecule has 2 amide bonds. The Morgan fingerprint density at radius 3 is 2.87 bits per heavy atom. The van der Waals surface area contributed by atoms with Crippen LogP contribution in [0.2, 0.25) is 0 Å². The van der Waals surface area contributed by atoms with Crippen LogP contribution in [0.1, 0.15) is 45.8 Å². The van der Waals surface area contributed by atoms with Crippen LogP contribution in [0, 0.1) is 0 Å². The Morgan fingerprint density at radius 2 is 2.22 bits per heavy atom. The highest BCUT2D eigenvalue weighted by molar-refractivity contribution is 5.76. The zero-order valence-corrected chi connectivity index (χ0v) is 14.1. The summed E-state index contributed by atoms with van der Waals surface area (Å²) in [5.74, 6) is 0.772. The molecule has 2 heterocycles. The van der Waals surface area contributed by atoms with E-state index in [-0.39, 0.29) is 18.0 Å². The minimum atomic E-state index is -0.503. The van der Waals surface area contributed by atoms with Gasteiger partial charge < -0.3 is 19.4 Å². The van der Waals surface area contributed by atoms with Crippen molar-refractivity contribution in [2.24, 2.45) is 0 Å². The van der Waals surface area contributed by atoms with E-state index >= 15 is 0 Å². The van der Waals surface area contributed by atoms with Crippen molar-refractivity contribution in [2.75, 3.05) is 13.1 Å². The molecule has 6 heteroatoms. The highest BCUT2D eigenvalue weighted by atomic mass is 16.6. The fraction of sp³-hybridized carbons (Fsp3) is 0.647. The largest absolute Gasteiger partial charge is 0.469 e. The second kappa shape index (κ2) is 7.53. The molecule has 0 unspecified atom stereocenters. The Labute approximate surface area is 137 Å². The molecule has 1 aliphatic rings. The summed E-state index contributed by atoms with van der Waals surface area (Å²) in [4.78, 5) is 25.8. The Bertz CT molecular complexity index is 519. The van der Waals surface area contributed by atoms with Crippen LogP contribution in [0.25, 0.3) is 0 Å². The Hall–Kier alpha value is -1.98. The van der Waals surface area contributed by atoms with Crippen molar-refractivity contribution in [1.29, 1.82) is 0 Å². The summed E-state index contributed by atoms with van der Waals surface area (Å²) < 4.78 is 10.6. The molecule has 1 fully saturated rings. The van der Waals surface area contributed by atoms with Crippen LogP contribution in [0.15, 0.2) is 22.8 Å². The molecule has 23 heavy (non-hydrogen) atoms. The molecule has 1 N–H and O–H groups in total. The molecule has 128 valence electrons. The standard InChI is InChI=1S/C17H26N2O4/c1-17(2,3)23-16(21)19-10-4-6-13(19)12-18-15(20)9-8-14-7-5-11-22-14/h5,7,11,13H,4,6,8-10,12H2,1-3H3,(H,18,20)/t13-/m0/s1. The van der Waals surface area contributed by atoms with Crippen LogP contribution in [-0.4, -0.2) is 41.6 Å². The second-order valence-electron chi connectivity index (χ2n) is 6.85. The zero-order chi connectivity index (χ0) is 16.9. The predicted octanol–water partition coefficient (Wildman–Crippen LogP) is 2.73. The minimum absolute atomic E-state index is 0.0115. The van der Waals surface area contributed by atoms with E-state index in [1.165, 1.54) is 0 Å². The normalized spacial score (nSPS) is 18.0. The number of carbonyl (C=O) groups excluding carboxylic acids is 2. The molecule has 0 spiro atoms. The average molecular weight is 322 g/mol. The lowest BCUT2D eigenvalue weighted by Gasteiger charge is -2.28. The Morgan fingerprint density at radius 1 is 1.43 bits per heavy atom. The molecule has 1 atom stereocenters. The Balaban J connectivity index is 1.75. The quantitative estimate of drug-likeness (QED) is 0.905. The van der Waals surface area contributed by atoms with Crippen molar-refractivity contribution in [3.05, 3.63) is 24.2 Å². The lowest BCUT2D eigenvalue weighted by Crippen LogP contribution is -2.45. The van der Waals surface area contributed by atoms with Gasteiger partial charge in [-0.3, -0.25) is 4.79 Å². The summed E-state index contributed by atoms with van der Waals surface area (Å²) >= 11 is 0. The van der Waals surface area contributed by atoms with Gasteiger partial charge in [-0.15, -0.1) is 0 Å². The summed E-state index contributed by atoms with van der Waals surface area (Å²) in [6.45, 7) is 6.71. The molecule has 1 aliphatic heterocycles. The van der Waals surface area contributed by atoms with Gasteiger partial charge in [0.2, 0.25) is 5.91 Å². The van der Waals surface area contributed by atoms with E-state index < -0.39 is 5.60 Å². The highest BCUT2D eigenvalue weighted by Gasteiger charge is 2.32. The van der Waals surface area contributed by atoms with Gasteiger partial charge in [-0.1, -0.05) is 0 Å². The fourth-order valence-electron chi connectivity index (χ4n) is 2.62. The van der Waals surface area contributed by atoms with E-state index in [1.807, 2.05) is 32.9 Å². The second-order valence-corrected chi connectivity index (χ2v) is 6.85. The van der Waals surface area contributed by atoms with E-state index in [9.17, 15) is 9.59 Å².